The summed E-state index contributed by atoms with van der Waals surface area (Å²) in [6.07, 6.45) is 4.60. The normalized spacial score (nSPS) is 23.0. The Labute approximate surface area is 181 Å². The van der Waals surface area contributed by atoms with E-state index in [2.05, 4.69) is 15.0 Å². The molecule has 2 bridgehead atoms. The number of rotatable bonds is 2. The van der Waals surface area contributed by atoms with E-state index in [1.165, 1.54) is 4.68 Å². The number of aryl methyl sites for hydroxylation is 1. The van der Waals surface area contributed by atoms with Gasteiger partial charge in [-0.2, -0.15) is 10.1 Å². The molecule has 8 nitrogen and oxygen atoms in total. The maximum Gasteiger partial charge on any atom is 0.264 e. The highest BCUT2D eigenvalue weighted by molar-refractivity contribution is 6.34. The van der Waals surface area contributed by atoms with Crippen LogP contribution in [0.25, 0.3) is 33.1 Å². The minimum atomic E-state index is -0.508. The topological polar surface area (TPSA) is 97.8 Å². The molecule has 4 aromatic rings. The van der Waals surface area contributed by atoms with Gasteiger partial charge in [0.15, 0.2) is 0 Å². The van der Waals surface area contributed by atoms with Crippen LogP contribution in [0.2, 0.25) is 5.15 Å². The van der Waals surface area contributed by atoms with Crippen molar-refractivity contribution in [2.24, 2.45) is 19.8 Å². The molecule has 5 heterocycles. The van der Waals surface area contributed by atoms with E-state index in [9.17, 15) is 4.79 Å². The van der Waals surface area contributed by atoms with E-state index in [4.69, 9.17) is 22.3 Å². The number of nitrogens with two attached hydrogens (primary N) is 1. The molecule has 3 N–H and O–H groups in total. The third kappa shape index (κ3) is 2.41. The molecule has 0 aliphatic carbocycles. The van der Waals surface area contributed by atoms with Crippen LogP contribution >= 0.6 is 11.6 Å². The summed E-state index contributed by atoms with van der Waals surface area (Å²) >= 11 is 6.25. The van der Waals surface area contributed by atoms with Crippen LogP contribution in [-0.2, 0) is 14.1 Å². The first-order valence-electron chi connectivity index (χ1n) is 10.3. The van der Waals surface area contributed by atoms with Crippen LogP contribution in [0.3, 0.4) is 0 Å². The van der Waals surface area contributed by atoms with E-state index in [0.717, 1.165) is 19.3 Å². The Kier molecular flexibility index (Phi) is 3.83. The Morgan fingerprint density at radius 3 is 2.74 bits per heavy atom. The number of hydrogen-bond donors (Lipinski definition) is 2. The van der Waals surface area contributed by atoms with Gasteiger partial charge < -0.3 is 15.6 Å². The molecule has 6 rings (SSSR count). The third-order valence-electron chi connectivity index (χ3n) is 6.86. The molecule has 3 atom stereocenters. The molecule has 10 heteroatoms. The molecule has 0 amide bonds. The number of fused-ring (bicyclic) bond motifs is 4. The third-order valence-corrected chi connectivity index (χ3v) is 7.30. The average Bonchev–Trinajstić information content (AvgIpc) is 3.48. The number of benzene rings is 1. The second kappa shape index (κ2) is 6.30. The highest BCUT2D eigenvalue weighted by Crippen LogP contribution is 2.40. The quantitative estimate of drug-likeness (QED) is 0.498. The molecule has 0 radical (unpaired) electrons. The van der Waals surface area contributed by atoms with Crippen LogP contribution < -0.4 is 16.2 Å². The van der Waals surface area contributed by atoms with Crippen molar-refractivity contribution in [1.82, 2.24) is 24.3 Å². The zero-order chi connectivity index (χ0) is 21.6. The van der Waals surface area contributed by atoms with Crippen LogP contribution in [0.1, 0.15) is 19.3 Å². The SMILES string of the molecule is Cn1nc2ccc(-c3c[nH]c4nc(N5C6CC[C@H]5C[C@H]6N)n(C)c(=O)c34)c(F)c2c1Cl. The van der Waals surface area contributed by atoms with E-state index >= 15 is 4.39 Å². The number of aromatic amines is 1. The van der Waals surface area contributed by atoms with Crippen LogP contribution in [0.15, 0.2) is 23.1 Å². The van der Waals surface area contributed by atoms with E-state index in [0.29, 0.717) is 34.1 Å². The zero-order valence-corrected chi connectivity index (χ0v) is 17.8. The molecular formula is C21H21ClFN7O. The van der Waals surface area contributed by atoms with E-state index in [1.807, 2.05) is 0 Å². The smallest absolute Gasteiger partial charge is 0.264 e. The summed E-state index contributed by atoms with van der Waals surface area (Å²) in [6.45, 7) is 0. The summed E-state index contributed by atoms with van der Waals surface area (Å²) < 4.78 is 18.4. The van der Waals surface area contributed by atoms with Crippen LogP contribution in [0.5, 0.6) is 0 Å². The van der Waals surface area contributed by atoms with Crippen LogP contribution in [0, 0.1) is 5.82 Å². The Bertz CT molecular complexity index is 1440. The Morgan fingerprint density at radius 1 is 1.23 bits per heavy atom. The predicted molar refractivity (Wildman–Crippen MR) is 118 cm³/mol. The monoisotopic (exact) mass is 441 g/mol. The zero-order valence-electron chi connectivity index (χ0n) is 17.1. The predicted octanol–water partition coefficient (Wildman–Crippen LogP) is 2.68. The van der Waals surface area contributed by atoms with Crippen molar-refractivity contribution < 1.29 is 4.39 Å². The number of nitrogens with one attached hydrogen (secondary N) is 1. The lowest BCUT2D eigenvalue weighted by molar-refractivity contribution is 0.503. The molecule has 0 saturated carbocycles. The Hall–Kier alpha value is -2.91. The van der Waals surface area contributed by atoms with Gasteiger partial charge in [-0.25, -0.2) is 4.39 Å². The van der Waals surface area contributed by atoms with Crippen molar-refractivity contribution in [1.29, 1.82) is 0 Å². The van der Waals surface area contributed by atoms with Crippen LogP contribution in [-0.4, -0.2) is 42.4 Å². The largest absolute Gasteiger partial charge is 0.345 e. The van der Waals surface area contributed by atoms with Crippen LogP contribution in [0.4, 0.5) is 10.3 Å². The summed E-state index contributed by atoms with van der Waals surface area (Å²) in [4.78, 5) is 23.4. The number of nitrogens with zero attached hydrogens (tertiary/aromatic N) is 5. The fraction of sp³-hybridized carbons (Fsp3) is 0.381. The lowest BCUT2D eigenvalue weighted by atomic mass is 9.97. The molecule has 160 valence electrons. The Morgan fingerprint density at radius 2 is 2.03 bits per heavy atom. The van der Waals surface area contributed by atoms with Gasteiger partial charge in [0.1, 0.15) is 16.6 Å². The fourth-order valence-electron chi connectivity index (χ4n) is 5.36. The van der Waals surface area contributed by atoms with Gasteiger partial charge in [-0.3, -0.25) is 14.0 Å². The molecule has 1 unspecified atom stereocenters. The van der Waals surface area contributed by atoms with E-state index in [1.54, 1.807) is 37.0 Å². The summed E-state index contributed by atoms with van der Waals surface area (Å²) in [6, 6.07) is 3.92. The summed E-state index contributed by atoms with van der Waals surface area (Å²) in [5, 5.41) is 5.01. The summed E-state index contributed by atoms with van der Waals surface area (Å²) in [5.41, 5.74) is 7.68. The van der Waals surface area contributed by atoms with Crippen molar-refractivity contribution in [2.75, 3.05) is 4.90 Å². The first-order chi connectivity index (χ1) is 14.9. The molecule has 2 saturated heterocycles. The van der Waals surface area contributed by atoms with Gasteiger partial charge in [0, 0.05) is 49.5 Å². The van der Waals surface area contributed by atoms with Crippen molar-refractivity contribution in [3.63, 3.8) is 0 Å². The summed E-state index contributed by atoms with van der Waals surface area (Å²) in [5.74, 6) is 0.101. The first-order valence-corrected chi connectivity index (χ1v) is 10.7. The lowest BCUT2D eigenvalue weighted by Crippen LogP contribution is -2.40. The van der Waals surface area contributed by atoms with E-state index in [-0.39, 0.29) is 33.7 Å². The van der Waals surface area contributed by atoms with Gasteiger partial charge in [-0.1, -0.05) is 11.6 Å². The van der Waals surface area contributed by atoms with Crippen molar-refractivity contribution in [2.45, 2.75) is 37.4 Å². The second-order valence-electron chi connectivity index (χ2n) is 8.54. The first kappa shape index (κ1) is 18.8. The molecule has 1 aromatic carbocycles. The van der Waals surface area contributed by atoms with Gasteiger partial charge in [-0.15, -0.1) is 0 Å². The number of H-pyrrole nitrogens is 1. The molecule has 0 spiro atoms. The lowest BCUT2D eigenvalue weighted by Gasteiger charge is -2.25. The molecule has 3 aromatic heterocycles. The minimum absolute atomic E-state index is 0.0932. The maximum atomic E-state index is 15.4. The van der Waals surface area contributed by atoms with Crippen molar-refractivity contribution in [3.05, 3.63) is 39.7 Å². The molecule has 2 aliphatic heterocycles. The molecule has 2 aliphatic rings. The second-order valence-corrected chi connectivity index (χ2v) is 8.90. The van der Waals surface area contributed by atoms with Gasteiger partial charge in [0.25, 0.3) is 5.56 Å². The number of aromatic nitrogens is 5. The van der Waals surface area contributed by atoms with Gasteiger partial charge in [-0.05, 0) is 31.4 Å². The average molecular weight is 442 g/mol. The summed E-state index contributed by atoms with van der Waals surface area (Å²) in [7, 11) is 3.37. The molecule has 2 fully saturated rings. The maximum absolute atomic E-state index is 15.4. The minimum Gasteiger partial charge on any atom is -0.345 e. The van der Waals surface area contributed by atoms with Gasteiger partial charge >= 0.3 is 0 Å². The number of hydrogen-bond acceptors (Lipinski definition) is 5. The van der Waals surface area contributed by atoms with Crippen molar-refractivity contribution in [3.8, 4) is 11.1 Å². The van der Waals surface area contributed by atoms with Crippen molar-refractivity contribution >= 4 is 39.5 Å². The number of anilines is 1. The molecule has 31 heavy (non-hydrogen) atoms. The standard InChI is InChI=1S/C21H21ClFN7O/c1-28-20(31)15-11(10-4-5-13-16(17(10)23)18(22)29(2)27-13)8-25-19(15)26-21(28)30-9-3-6-14(30)12(24)7-9/h4-5,8-9,12,14,25H,3,6-7,24H2,1-2H3/t9-,12+,14?/m0/s1. The highest BCUT2D eigenvalue weighted by Gasteiger charge is 2.46. The van der Waals surface area contributed by atoms with Gasteiger partial charge in [0.05, 0.1) is 16.3 Å². The molecular weight excluding hydrogens is 421 g/mol. The highest BCUT2D eigenvalue weighted by atomic mass is 35.5. The number of halogens is 2. The fourth-order valence-corrected chi connectivity index (χ4v) is 5.58. The van der Waals surface area contributed by atoms with Gasteiger partial charge in [0.2, 0.25) is 5.95 Å². The van der Waals surface area contributed by atoms with E-state index < -0.39 is 5.82 Å². The Balaban J connectivity index is 1.55.